The van der Waals surface area contributed by atoms with Gasteiger partial charge in [0.05, 0.1) is 13.2 Å². The number of ether oxygens (including phenoxy) is 1. The van der Waals surface area contributed by atoms with Crippen LogP contribution in [0.1, 0.15) is 16.1 Å². The fraction of sp³-hybridized carbons (Fsp3) is 0.636. The Morgan fingerprint density at radius 2 is 2.28 bits per heavy atom. The summed E-state index contributed by atoms with van der Waals surface area (Å²) in [7, 11) is 0. The van der Waals surface area contributed by atoms with Crippen molar-refractivity contribution in [1.29, 1.82) is 0 Å². The number of hydrogen-bond acceptors (Lipinski definition) is 5. The Labute approximate surface area is 105 Å². The lowest BCUT2D eigenvalue weighted by Gasteiger charge is -2.26. The quantitative estimate of drug-likeness (QED) is 0.693. The molecule has 1 aliphatic rings. The van der Waals surface area contributed by atoms with Gasteiger partial charge in [-0.3, -0.25) is 10.00 Å². The largest absolute Gasteiger partial charge is 0.477 e. The van der Waals surface area contributed by atoms with Crippen LogP contribution in [0.4, 0.5) is 5.82 Å². The fourth-order valence-corrected chi connectivity index (χ4v) is 1.98. The zero-order valence-electron chi connectivity index (χ0n) is 10.4. The molecule has 7 nitrogen and oxygen atoms in total. The second-order valence-corrected chi connectivity index (χ2v) is 4.26. The highest BCUT2D eigenvalue weighted by Gasteiger charge is 2.17. The second kappa shape index (κ2) is 5.83. The number of carbonyl (C=O) groups is 1. The Hall–Kier alpha value is -1.60. The molecule has 2 heterocycles. The molecule has 1 fully saturated rings. The number of hydrogen-bond donors (Lipinski definition) is 3. The van der Waals surface area contributed by atoms with E-state index in [2.05, 4.69) is 20.4 Å². The van der Waals surface area contributed by atoms with Gasteiger partial charge < -0.3 is 15.2 Å². The summed E-state index contributed by atoms with van der Waals surface area (Å²) in [5.74, 6) is -0.552. The average Bonchev–Trinajstić information content (AvgIpc) is 2.72. The monoisotopic (exact) mass is 254 g/mol. The molecule has 2 rings (SSSR count). The second-order valence-electron chi connectivity index (χ2n) is 4.26. The van der Waals surface area contributed by atoms with E-state index in [1.54, 1.807) is 6.92 Å². The predicted octanol–water partition coefficient (Wildman–Crippen LogP) is 0.160. The van der Waals surface area contributed by atoms with Crippen LogP contribution in [0.5, 0.6) is 0 Å². The zero-order chi connectivity index (χ0) is 13.0. The first kappa shape index (κ1) is 12.8. The lowest BCUT2D eigenvalue weighted by molar-refractivity contribution is 0.0398. The van der Waals surface area contributed by atoms with E-state index in [4.69, 9.17) is 9.84 Å². The number of H-pyrrole nitrogens is 1. The van der Waals surface area contributed by atoms with Crippen molar-refractivity contribution in [2.24, 2.45) is 0 Å². The number of nitrogens with zero attached hydrogens (tertiary/aromatic N) is 2. The van der Waals surface area contributed by atoms with Crippen molar-refractivity contribution in [3.8, 4) is 0 Å². The summed E-state index contributed by atoms with van der Waals surface area (Å²) < 4.78 is 5.26. The van der Waals surface area contributed by atoms with Gasteiger partial charge in [-0.1, -0.05) is 0 Å². The molecule has 0 bridgehead atoms. The van der Waals surface area contributed by atoms with Gasteiger partial charge in [0.2, 0.25) is 0 Å². The van der Waals surface area contributed by atoms with Gasteiger partial charge in [-0.15, -0.1) is 0 Å². The summed E-state index contributed by atoms with van der Waals surface area (Å²) in [5.41, 5.74) is 0.786. The Bertz CT molecular complexity index is 412. The smallest absolute Gasteiger partial charge is 0.341 e. The highest BCUT2D eigenvalue weighted by atomic mass is 16.5. The van der Waals surface area contributed by atoms with Crippen molar-refractivity contribution in [2.75, 3.05) is 44.7 Å². The minimum Gasteiger partial charge on any atom is -0.477 e. The van der Waals surface area contributed by atoms with Crippen LogP contribution in [-0.4, -0.2) is 65.6 Å². The highest BCUT2D eigenvalue weighted by Crippen LogP contribution is 2.15. The molecule has 18 heavy (non-hydrogen) atoms. The van der Waals surface area contributed by atoms with Gasteiger partial charge in [0.15, 0.2) is 5.82 Å². The van der Waals surface area contributed by atoms with E-state index in [1.807, 2.05) is 0 Å². The molecule has 0 aliphatic carbocycles. The van der Waals surface area contributed by atoms with Crippen molar-refractivity contribution in [1.82, 2.24) is 15.1 Å². The summed E-state index contributed by atoms with van der Waals surface area (Å²) in [6.45, 7) is 6.60. The third-order valence-corrected chi connectivity index (χ3v) is 2.99. The van der Waals surface area contributed by atoms with E-state index in [0.717, 1.165) is 32.8 Å². The van der Waals surface area contributed by atoms with Gasteiger partial charge in [0.25, 0.3) is 0 Å². The van der Waals surface area contributed by atoms with Crippen LogP contribution in [0, 0.1) is 6.92 Å². The van der Waals surface area contributed by atoms with Crippen molar-refractivity contribution < 1.29 is 14.6 Å². The maximum Gasteiger partial charge on any atom is 0.341 e. The molecule has 0 amide bonds. The molecule has 1 aliphatic heterocycles. The van der Waals surface area contributed by atoms with E-state index in [1.165, 1.54) is 0 Å². The number of carboxylic acids is 1. The molecule has 0 unspecified atom stereocenters. The molecule has 0 radical (unpaired) electrons. The molecule has 0 spiro atoms. The molecule has 1 saturated heterocycles. The first-order valence-corrected chi connectivity index (χ1v) is 6.00. The topological polar surface area (TPSA) is 90.5 Å². The van der Waals surface area contributed by atoms with Crippen LogP contribution >= 0.6 is 0 Å². The Kier molecular flexibility index (Phi) is 4.16. The minimum absolute atomic E-state index is 0.219. The molecular weight excluding hydrogens is 236 g/mol. The summed E-state index contributed by atoms with van der Waals surface area (Å²) in [5, 5.41) is 18.8. The summed E-state index contributed by atoms with van der Waals surface area (Å²) >= 11 is 0. The molecule has 1 aromatic heterocycles. The first-order chi connectivity index (χ1) is 8.68. The number of morpholine rings is 1. The Morgan fingerprint density at radius 3 is 2.94 bits per heavy atom. The standard InChI is InChI=1S/C11H18N4O3/c1-8-9(11(16)17)10(14-13-8)12-2-3-15-4-6-18-7-5-15/h2-7H2,1H3,(H,16,17)(H2,12,13,14). The summed E-state index contributed by atoms with van der Waals surface area (Å²) in [6.07, 6.45) is 0. The molecule has 0 atom stereocenters. The van der Waals surface area contributed by atoms with Crippen LogP contribution in [-0.2, 0) is 4.74 Å². The summed E-state index contributed by atoms with van der Waals surface area (Å²) in [4.78, 5) is 13.3. The molecule has 1 aromatic rings. The van der Waals surface area contributed by atoms with E-state index in [-0.39, 0.29) is 5.56 Å². The number of anilines is 1. The third-order valence-electron chi connectivity index (χ3n) is 2.99. The van der Waals surface area contributed by atoms with E-state index >= 15 is 0 Å². The average molecular weight is 254 g/mol. The number of rotatable bonds is 5. The molecular formula is C11H18N4O3. The Balaban J connectivity index is 1.84. The van der Waals surface area contributed by atoms with Crippen molar-refractivity contribution in [3.05, 3.63) is 11.3 Å². The number of nitrogens with one attached hydrogen (secondary N) is 2. The van der Waals surface area contributed by atoms with E-state index in [0.29, 0.717) is 18.1 Å². The number of aromatic carboxylic acids is 1. The van der Waals surface area contributed by atoms with Crippen molar-refractivity contribution in [2.45, 2.75) is 6.92 Å². The molecule has 100 valence electrons. The van der Waals surface area contributed by atoms with Crippen LogP contribution < -0.4 is 5.32 Å². The van der Waals surface area contributed by atoms with Gasteiger partial charge in [-0.25, -0.2) is 4.79 Å². The maximum absolute atomic E-state index is 11.0. The molecule has 7 heteroatoms. The first-order valence-electron chi connectivity index (χ1n) is 6.00. The van der Waals surface area contributed by atoms with E-state index < -0.39 is 5.97 Å². The van der Waals surface area contributed by atoms with Crippen LogP contribution in [0.3, 0.4) is 0 Å². The fourth-order valence-electron chi connectivity index (χ4n) is 1.98. The molecule has 0 saturated carbocycles. The van der Waals surface area contributed by atoms with Gasteiger partial charge in [0.1, 0.15) is 5.56 Å². The van der Waals surface area contributed by atoms with Gasteiger partial charge in [0, 0.05) is 31.9 Å². The molecule has 0 aromatic carbocycles. The lowest BCUT2D eigenvalue weighted by atomic mass is 10.2. The molecule has 3 N–H and O–H groups in total. The lowest BCUT2D eigenvalue weighted by Crippen LogP contribution is -2.39. The number of aryl methyl sites for hydroxylation is 1. The van der Waals surface area contributed by atoms with Crippen LogP contribution in [0.2, 0.25) is 0 Å². The predicted molar refractivity (Wildman–Crippen MR) is 66.0 cm³/mol. The van der Waals surface area contributed by atoms with Crippen LogP contribution in [0.15, 0.2) is 0 Å². The van der Waals surface area contributed by atoms with Crippen LogP contribution in [0.25, 0.3) is 0 Å². The number of carboxylic acid groups (broad SMARTS) is 1. The minimum atomic E-state index is -0.963. The zero-order valence-corrected chi connectivity index (χ0v) is 10.4. The SMILES string of the molecule is Cc1[nH]nc(NCCN2CCOCC2)c1C(=O)O. The van der Waals surface area contributed by atoms with Gasteiger partial charge >= 0.3 is 5.97 Å². The highest BCUT2D eigenvalue weighted by molar-refractivity contribution is 5.94. The third kappa shape index (κ3) is 2.99. The number of aromatic nitrogens is 2. The summed E-state index contributed by atoms with van der Waals surface area (Å²) in [6, 6.07) is 0. The maximum atomic E-state index is 11.0. The van der Waals surface area contributed by atoms with E-state index in [9.17, 15) is 4.79 Å². The van der Waals surface area contributed by atoms with Gasteiger partial charge in [-0.2, -0.15) is 5.10 Å². The van der Waals surface area contributed by atoms with Crippen molar-refractivity contribution in [3.63, 3.8) is 0 Å². The van der Waals surface area contributed by atoms with Crippen molar-refractivity contribution >= 4 is 11.8 Å². The number of aromatic amines is 1. The normalized spacial score (nSPS) is 16.7. The van der Waals surface area contributed by atoms with Gasteiger partial charge in [-0.05, 0) is 6.92 Å². The Morgan fingerprint density at radius 1 is 1.56 bits per heavy atom.